The quantitative estimate of drug-likeness (QED) is 0.652. The zero-order valence-corrected chi connectivity index (χ0v) is 16.7. The molecule has 4 N–H and O–H groups in total. The van der Waals surface area contributed by atoms with Gasteiger partial charge in [-0.2, -0.15) is 13.2 Å². The Kier molecular flexibility index (Phi) is 8.42. The van der Waals surface area contributed by atoms with Crippen LogP contribution in [0.25, 0.3) is 0 Å². The predicted molar refractivity (Wildman–Crippen MR) is 103 cm³/mol. The number of nitrogens with two attached hydrogens (primary N) is 1. The topological polar surface area (TPSA) is 118 Å². The van der Waals surface area contributed by atoms with Crippen LogP contribution in [-0.4, -0.2) is 65.3 Å². The van der Waals surface area contributed by atoms with Gasteiger partial charge in [-0.05, 0) is 31.2 Å². The monoisotopic (exact) mass is 432 g/mol. The van der Waals surface area contributed by atoms with Gasteiger partial charge in [0.1, 0.15) is 18.2 Å². The summed E-state index contributed by atoms with van der Waals surface area (Å²) in [6.45, 7) is 5.19. The molecule has 1 aromatic rings. The van der Waals surface area contributed by atoms with Crippen molar-refractivity contribution in [1.82, 2.24) is 9.88 Å². The van der Waals surface area contributed by atoms with Crippen LogP contribution >= 0.6 is 0 Å². The van der Waals surface area contributed by atoms with Crippen molar-refractivity contribution in [2.75, 3.05) is 31.6 Å². The third-order valence-corrected chi connectivity index (χ3v) is 5.02. The highest BCUT2D eigenvalue weighted by atomic mass is 19.4. The number of carbonyl (C=O) groups excluding carboxylic acids is 1. The van der Waals surface area contributed by atoms with E-state index in [0.717, 1.165) is 31.8 Å². The number of rotatable bonds is 5. The summed E-state index contributed by atoms with van der Waals surface area (Å²) in [5, 5.41) is 10.1. The number of pyridine rings is 1. The van der Waals surface area contributed by atoms with Gasteiger partial charge in [-0.1, -0.05) is 6.92 Å². The summed E-state index contributed by atoms with van der Waals surface area (Å²) in [7, 11) is 0. The number of anilines is 1. The normalized spacial score (nSPS) is 23.7. The highest BCUT2D eigenvalue weighted by Crippen LogP contribution is 2.33. The molecule has 1 amide bonds. The van der Waals surface area contributed by atoms with Crippen molar-refractivity contribution in [3.8, 4) is 5.75 Å². The van der Waals surface area contributed by atoms with Crippen molar-refractivity contribution >= 4 is 17.7 Å². The van der Waals surface area contributed by atoms with E-state index in [1.54, 1.807) is 18.3 Å². The molecule has 11 heteroatoms. The molecule has 8 nitrogen and oxygen atoms in total. The lowest BCUT2D eigenvalue weighted by molar-refractivity contribution is -0.192. The van der Waals surface area contributed by atoms with E-state index in [-0.39, 0.29) is 11.8 Å². The third-order valence-electron chi connectivity index (χ3n) is 5.02. The third kappa shape index (κ3) is 7.13. The zero-order chi connectivity index (χ0) is 22.3. The molecule has 30 heavy (non-hydrogen) atoms. The summed E-state index contributed by atoms with van der Waals surface area (Å²) < 4.78 is 37.2. The number of nitrogens with zero attached hydrogens (tertiary/aromatic N) is 2. The molecular formula is C19H27F3N4O4. The van der Waals surface area contributed by atoms with Gasteiger partial charge in [0.15, 0.2) is 0 Å². The molecule has 168 valence electrons. The fraction of sp³-hybridized carbons (Fsp3) is 0.632. The highest BCUT2D eigenvalue weighted by Gasteiger charge is 2.38. The fourth-order valence-corrected chi connectivity index (χ4v) is 3.72. The molecule has 0 saturated carbocycles. The lowest BCUT2D eigenvalue weighted by Crippen LogP contribution is -2.43. The Labute approximate surface area is 172 Å². The number of carboxylic acids is 1. The van der Waals surface area contributed by atoms with E-state index in [9.17, 15) is 18.0 Å². The molecule has 3 unspecified atom stereocenters. The Hall–Kier alpha value is -2.40. The van der Waals surface area contributed by atoms with Crippen LogP contribution in [0.5, 0.6) is 5.75 Å². The maximum atomic E-state index is 12.5. The first kappa shape index (κ1) is 23.9. The number of aromatic nitrogens is 1. The molecule has 2 aliphatic heterocycles. The number of nitrogens with one attached hydrogen (secondary N) is 1. The van der Waals surface area contributed by atoms with Crippen LogP contribution in [-0.2, 0) is 9.59 Å². The number of hydrogen-bond donors (Lipinski definition) is 3. The SMILES string of the molecule is CC1CC2CCC(C(=O)Nc3cc(OCCN)ccn3)CN2C1.O=C(O)C(F)(F)F. The van der Waals surface area contributed by atoms with Gasteiger partial charge in [0.25, 0.3) is 0 Å². The summed E-state index contributed by atoms with van der Waals surface area (Å²) in [5.41, 5.74) is 5.43. The number of ether oxygens (including phenoxy) is 1. The largest absolute Gasteiger partial charge is 0.492 e. The van der Waals surface area contributed by atoms with Crippen LogP contribution in [0.15, 0.2) is 18.3 Å². The van der Waals surface area contributed by atoms with Crippen LogP contribution in [0.2, 0.25) is 0 Å². The highest BCUT2D eigenvalue weighted by molar-refractivity contribution is 5.92. The Balaban J connectivity index is 0.000000396. The molecule has 3 atom stereocenters. The molecule has 2 saturated heterocycles. The molecule has 2 fully saturated rings. The van der Waals surface area contributed by atoms with Crippen molar-refractivity contribution in [1.29, 1.82) is 0 Å². The van der Waals surface area contributed by atoms with E-state index in [4.69, 9.17) is 20.4 Å². The number of amides is 1. The number of halogens is 3. The van der Waals surface area contributed by atoms with Crippen LogP contribution < -0.4 is 15.8 Å². The van der Waals surface area contributed by atoms with Gasteiger partial charge in [0.05, 0.1) is 5.92 Å². The summed E-state index contributed by atoms with van der Waals surface area (Å²) in [6.07, 6.45) is -0.0878. The van der Waals surface area contributed by atoms with Crippen molar-refractivity contribution in [2.24, 2.45) is 17.6 Å². The first-order valence-corrected chi connectivity index (χ1v) is 9.74. The Bertz CT molecular complexity index is 732. The number of carboxylic acid groups (broad SMARTS) is 1. The van der Waals surface area contributed by atoms with E-state index < -0.39 is 12.1 Å². The van der Waals surface area contributed by atoms with E-state index in [2.05, 4.69) is 22.1 Å². The standard InChI is InChI=1S/C17H26N4O2.C2HF3O2/c1-12-8-14-3-2-13(11-21(14)10-12)17(22)20-16-9-15(4-6-19-16)23-7-5-18;3-2(4,5)1(6)7/h4,6,9,12-14H,2-3,5,7-8,10-11,18H2,1H3,(H,19,20,22);(H,6,7). The number of alkyl halides is 3. The van der Waals surface area contributed by atoms with Gasteiger partial charge in [0.2, 0.25) is 5.91 Å². The molecule has 1 aromatic heterocycles. The van der Waals surface area contributed by atoms with Crippen molar-refractivity contribution < 1.29 is 32.6 Å². The smallest absolute Gasteiger partial charge is 0.490 e. The minimum atomic E-state index is -5.08. The average Bonchev–Trinajstić information content (AvgIpc) is 3.05. The number of carbonyl (C=O) groups is 2. The molecule has 0 aliphatic carbocycles. The van der Waals surface area contributed by atoms with Gasteiger partial charge < -0.3 is 20.9 Å². The minimum absolute atomic E-state index is 0.0481. The second-order valence-corrected chi connectivity index (χ2v) is 7.53. The van der Waals surface area contributed by atoms with E-state index in [1.807, 2.05) is 0 Å². The maximum Gasteiger partial charge on any atom is 0.490 e. The summed E-state index contributed by atoms with van der Waals surface area (Å²) in [6, 6.07) is 4.19. The van der Waals surface area contributed by atoms with Gasteiger partial charge in [-0.3, -0.25) is 9.69 Å². The second-order valence-electron chi connectivity index (χ2n) is 7.53. The Morgan fingerprint density at radius 3 is 2.70 bits per heavy atom. The van der Waals surface area contributed by atoms with Gasteiger partial charge in [-0.25, -0.2) is 9.78 Å². The zero-order valence-electron chi connectivity index (χ0n) is 16.7. The summed E-state index contributed by atoms with van der Waals surface area (Å²) in [5.74, 6) is -0.676. The van der Waals surface area contributed by atoms with Crippen LogP contribution in [0, 0.1) is 11.8 Å². The number of aliphatic carboxylic acids is 1. The molecule has 3 rings (SSSR count). The van der Waals surface area contributed by atoms with E-state index >= 15 is 0 Å². The molecular weight excluding hydrogens is 405 g/mol. The van der Waals surface area contributed by atoms with Gasteiger partial charge in [-0.15, -0.1) is 0 Å². The van der Waals surface area contributed by atoms with Crippen molar-refractivity contribution in [3.05, 3.63) is 18.3 Å². The predicted octanol–water partition coefficient (Wildman–Crippen LogP) is 2.11. The maximum absolute atomic E-state index is 12.5. The Morgan fingerprint density at radius 1 is 1.37 bits per heavy atom. The number of piperidine rings is 1. The van der Waals surface area contributed by atoms with Crippen LogP contribution in [0.4, 0.5) is 19.0 Å². The summed E-state index contributed by atoms with van der Waals surface area (Å²) in [4.78, 5) is 28.1. The van der Waals surface area contributed by atoms with Gasteiger partial charge in [0, 0.05) is 37.9 Å². The molecule has 0 spiro atoms. The van der Waals surface area contributed by atoms with Crippen LogP contribution in [0.1, 0.15) is 26.2 Å². The number of hydrogen-bond acceptors (Lipinski definition) is 6. The first-order valence-electron chi connectivity index (χ1n) is 9.74. The fourth-order valence-electron chi connectivity index (χ4n) is 3.72. The van der Waals surface area contributed by atoms with E-state index in [0.29, 0.717) is 30.8 Å². The summed E-state index contributed by atoms with van der Waals surface area (Å²) >= 11 is 0. The lowest BCUT2D eigenvalue weighted by atomic mass is 9.92. The molecule has 0 aromatic carbocycles. The molecule has 3 heterocycles. The van der Waals surface area contributed by atoms with Crippen molar-refractivity contribution in [3.63, 3.8) is 0 Å². The average molecular weight is 432 g/mol. The van der Waals surface area contributed by atoms with Gasteiger partial charge >= 0.3 is 12.1 Å². The molecule has 0 radical (unpaired) electrons. The molecule has 2 aliphatic rings. The lowest BCUT2D eigenvalue weighted by Gasteiger charge is -2.34. The van der Waals surface area contributed by atoms with Crippen molar-refractivity contribution in [2.45, 2.75) is 38.4 Å². The first-order chi connectivity index (χ1) is 14.1. The molecule has 0 bridgehead atoms. The Morgan fingerprint density at radius 2 is 2.07 bits per heavy atom. The van der Waals surface area contributed by atoms with E-state index in [1.165, 1.54) is 6.42 Å². The number of fused-ring (bicyclic) bond motifs is 1. The minimum Gasteiger partial charge on any atom is -0.492 e. The second kappa shape index (κ2) is 10.6. The van der Waals surface area contributed by atoms with Crippen LogP contribution in [0.3, 0.4) is 0 Å².